The fourth-order valence-corrected chi connectivity index (χ4v) is 2.54. The van der Waals surface area contributed by atoms with E-state index in [1.54, 1.807) is 24.3 Å². The molecule has 1 aromatic carbocycles. The van der Waals surface area contributed by atoms with E-state index in [2.05, 4.69) is 16.8 Å². The number of nitrogen functional groups attached to an aromatic ring is 1. The van der Waals surface area contributed by atoms with Crippen LogP contribution < -0.4 is 15.8 Å². The Morgan fingerprint density at radius 1 is 1.36 bits per heavy atom. The molecular weight excluding hydrogens is 278 g/mol. The summed E-state index contributed by atoms with van der Waals surface area (Å²) in [5.74, 6) is 0.420. The number of benzene rings is 1. The highest BCUT2D eigenvalue weighted by Gasteiger charge is 2.11. The second kappa shape index (κ2) is 8.44. The van der Waals surface area contributed by atoms with E-state index >= 15 is 0 Å². The molecule has 1 saturated heterocycles. The zero-order chi connectivity index (χ0) is 15.8. The summed E-state index contributed by atoms with van der Waals surface area (Å²) < 4.78 is 5.77. The molecule has 0 saturated carbocycles. The Kier molecular flexibility index (Phi) is 6.27. The SMILES string of the molecule is C=CCNC(=O)c1ccc(N)c(OCCN2CCCCC2)c1. The Morgan fingerprint density at radius 3 is 2.86 bits per heavy atom. The van der Waals surface area contributed by atoms with Gasteiger partial charge in [-0.05, 0) is 44.1 Å². The number of piperidine rings is 1. The smallest absolute Gasteiger partial charge is 0.251 e. The number of amides is 1. The summed E-state index contributed by atoms with van der Waals surface area (Å²) in [5.41, 5.74) is 7.02. The normalized spacial score (nSPS) is 15.3. The van der Waals surface area contributed by atoms with Crippen molar-refractivity contribution in [1.29, 1.82) is 0 Å². The highest BCUT2D eigenvalue weighted by atomic mass is 16.5. The molecule has 3 N–H and O–H groups in total. The number of likely N-dealkylation sites (tertiary alicyclic amines) is 1. The van der Waals surface area contributed by atoms with Crippen molar-refractivity contribution in [3.05, 3.63) is 36.4 Å². The lowest BCUT2D eigenvalue weighted by Gasteiger charge is -2.26. The fourth-order valence-electron chi connectivity index (χ4n) is 2.54. The van der Waals surface area contributed by atoms with Gasteiger partial charge >= 0.3 is 0 Å². The summed E-state index contributed by atoms with van der Waals surface area (Å²) in [4.78, 5) is 14.3. The summed E-state index contributed by atoms with van der Waals surface area (Å²) >= 11 is 0. The molecule has 0 spiro atoms. The van der Waals surface area contributed by atoms with E-state index < -0.39 is 0 Å². The van der Waals surface area contributed by atoms with E-state index in [-0.39, 0.29) is 5.91 Å². The molecule has 2 rings (SSSR count). The van der Waals surface area contributed by atoms with Crippen LogP contribution in [0.25, 0.3) is 0 Å². The molecule has 1 heterocycles. The molecule has 0 unspecified atom stereocenters. The molecule has 1 fully saturated rings. The van der Waals surface area contributed by atoms with Crippen molar-refractivity contribution in [2.45, 2.75) is 19.3 Å². The molecule has 0 bridgehead atoms. The van der Waals surface area contributed by atoms with Gasteiger partial charge < -0.3 is 15.8 Å². The highest BCUT2D eigenvalue weighted by Crippen LogP contribution is 2.23. The van der Waals surface area contributed by atoms with E-state index in [1.807, 2.05) is 0 Å². The lowest BCUT2D eigenvalue weighted by atomic mass is 10.1. The van der Waals surface area contributed by atoms with Gasteiger partial charge in [-0.25, -0.2) is 0 Å². The minimum atomic E-state index is -0.152. The lowest BCUT2D eigenvalue weighted by Crippen LogP contribution is -2.33. The van der Waals surface area contributed by atoms with Crippen LogP contribution in [0.5, 0.6) is 5.75 Å². The minimum absolute atomic E-state index is 0.152. The number of carbonyl (C=O) groups excluding carboxylic acids is 1. The molecule has 0 aliphatic carbocycles. The van der Waals surface area contributed by atoms with Crippen molar-refractivity contribution in [1.82, 2.24) is 10.2 Å². The number of hydrogen-bond acceptors (Lipinski definition) is 4. The molecule has 5 heteroatoms. The molecule has 1 aliphatic rings. The maximum Gasteiger partial charge on any atom is 0.251 e. The molecule has 0 radical (unpaired) electrons. The number of nitrogens with zero attached hydrogens (tertiary/aromatic N) is 1. The van der Waals surface area contributed by atoms with Crippen LogP contribution in [0.3, 0.4) is 0 Å². The van der Waals surface area contributed by atoms with E-state index in [4.69, 9.17) is 10.5 Å². The van der Waals surface area contributed by atoms with E-state index in [1.165, 1.54) is 19.3 Å². The summed E-state index contributed by atoms with van der Waals surface area (Å²) in [7, 11) is 0. The number of hydrogen-bond donors (Lipinski definition) is 2. The summed E-state index contributed by atoms with van der Waals surface area (Å²) in [6.07, 6.45) is 5.50. The van der Waals surface area contributed by atoms with Gasteiger partial charge in [-0.3, -0.25) is 9.69 Å². The monoisotopic (exact) mass is 303 g/mol. The van der Waals surface area contributed by atoms with Crippen LogP contribution >= 0.6 is 0 Å². The van der Waals surface area contributed by atoms with Crippen LogP contribution in [0.4, 0.5) is 5.69 Å². The third kappa shape index (κ3) is 4.77. The number of carbonyl (C=O) groups is 1. The first-order valence-corrected chi connectivity index (χ1v) is 7.84. The van der Waals surface area contributed by atoms with Crippen LogP contribution in [0.1, 0.15) is 29.6 Å². The van der Waals surface area contributed by atoms with Gasteiger partial charge in [-0.1, -0.05) is 12.5 Å². The molecule has 1 aromatic rings. The highest BCUT2D eigenvalue weighted by molar-refractivity contribution is 5.95. The van der Waals surface area contributed by atoms with Crippen molar-refractivity contribution in [2.75, 3.05) is 38.5 Å². The van der Waals surface area contributed by atoms with E-state index in [9.17, 15) is 4.79 Å². The number of rotatable bonds is 7. The molecule has 1 amide bonds. The quantitative estimate of drug-likeness (QED) is 0.597. The Labute approximate surface area is 132 Å². The van der Waals surface area contributed by atoms with Crippen LogP contribution in [0, 0.1) is 0 Å². The number of ether oxygens (including phenoxy) is 1. The Balaban J connectivity index is 1.88. The number of nitrogens with two attached hydrogens (primary N) is 1. The summed E-state index contributed by atoms with van der Waals surface area (Å²) in [6, 6.07) is 5.11. The molecule has 22 heavy (non-hydrogen) atoms. The van der Waals surface area contributed by atoms with Gasteiger partial charge in [0.15, 0.2) is 0 Å². The standard InChI is InChI=1S/C17H25N3O2/c1-2-8-19-17(21)14-6-7-15(18)16(13-14)22-12-11-20-9-4-3-5-10-20/h2,6-7,13H,1,3-5,8-12,18H2,(H,19,21). The van der Waals surface area contributed by atoms with Gasteiger partial charge in [0, 0.05) is 18.7 Å². The first-order valence-electron chi connectivity index (χ1n) is 7.84. The average Bonchev–Trinajstić information content (AvgIpc) is 2.55. The predicted octanol–water partition coefficient (Wildman–Crippen LogP) is 2.05. The first kappa shape index (κ1) is 16.4. The number of anilines is 1. The van der Waals surface area contributed by atoms with Gasteiger partial charge in [-0.2, -0.15) is 0 Å². The zero-order valence-corrected chi connectivity index (χ0v) is 13.0. The number of nitrogens with one attached hydrogen (secondary N) is 1. The Hall–Kier alpha value is -2.01. The Bertz CT molecular complexity index is 511. The van der Waals surface area contributed by atoms with Crippen molar-refractivity contribution in [3.63, 3.8) is 0 Å². The van der Waals surface area contributed by atoms with Crippen LogP contribution in [0.2, 0.25) is 0 Å². The maximum absolute atomic E-state index is 11.9. The molecule has 0 atom stereocenters. The first-order chi connectivity index (χ1) is 10.7. The minimum Gasteiger partial charge on any atom is -0.490 e. The van der Waals surface area contributed by atoms with E-state index in [0.717, 1.165) is 19.6 Å². The van der Waals surface area contributed by atoms with Crippen molar-refractivity contribution >= 4 is 11.6 Å². The van der Waals surface area contributed by atoms with Crippen LogP contribution in [-0.2, 0) is 0 Å². The third-order valence-electron chi connectivity index (χ3n) is 3.80. The Morgan fingerprint density at radius 2 is 2.14 bits per heavy atom. The molecule has 1 aliphatic heterocycles. The third-order valence-corrected chi connectivity index (χ3v) is 3.80. The molecule has 120 valence electrons. The molecular formula is C17H25N3O2. The van der Waals surface area contributed by atoms with Gasteiger partial charge in [0.2, 0.25) is 0 Å². The van der Waals surface area contributed by atoms with Gasteiger partial charge in [0.25, 0.3) is 5.91 Å². The van der Waals surface area contributed by atoms with E-state index in [0.29, 0.717) is 30.2 Å². The van der Waals surface area contributed by atoms with Gasteiger partial charge in [0.05, 0.1) is 5.69 Å². The second-order valence-electron chi connectivity index (χ2n) is 5.50. The fraction of sp³-hybridized carbons (Fsp3) is 0.471. The zero-order valence-electron chi connectivity index (χ0n) is 13.0. The molecule has 5 nitrogen and oxygen atoms in total. The van der Waals surface area contributed by atoms with Crippen molar-refractivity contribution < 1.29 is 9.53 Å². The van der Waals surface area contributed by atoms with Crippen LogP contribution in [-0.4, -0.2) is 43.6 Å². The maximum atomic E-state index is 11.9. The summed E-state index contributed by atoms with van der Waals surface area (Å²) in [5, 5.41) is 2.74. The average molecular weight is 303 g/mol. The van der Waals surface area contributed by atoms with Gasteiger partial charge in [0.1, 0.15) is 12.4 Å². The van der Waals surface area contributed by atoms with Crippen molar-refractivity contribution in [2.24, 2.45) is 0 Å². The molecule has 0 aromatic heterocycles. The lowest BCUT2D eigenvalue weighted by molar-refractivity contribution is 0.0957. The van der Waals surface area contributed by atoms with Gasteiger partial charge in [-0.15, -0.1) is 6.58 Å². The van der Waals surface area contributed by atoms with Crippen LogP contribution in [0.15, 0.2) is 30.9 Å². The topological polar surface area (TPSA) is 67.6 Å². The predicted molar refractivity (Wildman–Crippen MR) is 89.2 cm³/mol. The summed E-state index contributed by atoms with van der Waals surface area (Å²) in [6.45, 7) is 7.78. The second-order valence-corrected chi connectivity index (χ2v) is 5.50. The van der Waals surface area contributed by atoms with Crippen molar-refractivity contribution in [3.8, 4) is 5.75 Å². The largest absolute Gasteiger partial charge is 0.490 e.